The first kappa shape index (κ1) is 12.3. The predicted molar refractivity (Wildman–Crippen MR) is 65.1 cm³/mol. The van der Waals surface area contributed by atoms with E-state index in [9.17, 15) is 9.59 Å². The van der Waals surface area contributed by atoms with Crippen LogP contribution in [0.2, 0.25) is 0 Å². The van der Waals surface area contributed by atoms with Gasteiger partial charge in [-0.1, -0.05) is 0 Å². The number of carbonyl (C=O) groups is 2. The molecule has 96 valence electrons. The largest absolute Gasteiger partial charge is 0.467 e. The van der Waals surface area contributed by atoms with Crippen LogP contribution in [0.15, 0.2) is 18.3 Å². The lowest BCUT2D eigenvalue weighted by molar-refractivity contribution is -0.141. The van der Waals surface area contributed by atoms with Crippen LogP contribution >= 0.6 is 0 Å². The van der Waals surface area contributed by atoms with Crippen molar-refractivity contribution in [2.45, 2.75) is 18.9 Å². The van der Waals surface area contributed by atoms with Crippen molar-refractivity contribution in [1.82, 2.24) is 4.98 Å². The van der Waals surface area contributed by atoms with Crippen molar-refractivity contribution >= 4 is 17.7 Å². The SMILES string of the molecule is COC(=O)C1CCCN1c1ccc(C(N)=O)cn1. The van der Waals surface area contributed by atoms with Crippen LogP contribution in [0.5, 0.6) is 0 Å². The molecule has 1 fully saturated rings. The zero-order valence-electron chi connectivity index (χ0n) is 10.1. The Balaban J connectivity index is 2.20. The van der Waals surface area contributed by atoms with E-state index in [2.05, 4.69) is 4.98 Å². The molecule has 1 aromatic heterocycles. The third kappa shape index (κ3) is 2.27. The number of nitrogens with zero attached hydrogens (tertiary/aromatic N) is 2. The Morgan fingerprint density at radius 1 is 1.50 bits per heavy atom. The summed E-state index contributed by atoms with van der Waals surface area (Å²) in [6.07, 6.45) is 3.09. The molecule has 0 aliphatic carbocycles. The molecule has 6 heteroatoms. The molecule has 6 nitrogen and oxygen atoms in total. The van der Waals surface area contributed by atoms with Crippen LogP contribution in [0.4, 0.5) is 5.82 Å². The fourth-order valence-electron chi connectivity index (χ4n) is 2.12. The Morgan fingerprint density at radius 3 is 2.83 bits per heavy atom. The number of methoxy groups -OCH3 is 1. The zero-order valence-corrected chi connectivity index (χ0v) is 10.1. The van der Waals surface area contributed by atoms with Crippen molar-refractivity contribution in [3.05, 3.63) is 23.9 Å². The third-order valence-corrected chi connectivity index (χ3v) is 3.05. The lowest BCUT2D eigenvalue weighted by Gasteiger charge is -2.23. The van der Waals surface area contributed by atoms with Gasteiger partial charge in [0, 0.05) is 12.7 Å². The number of nitrogens with two attached hydrogens (primary N) is 1. The van der Waals surface area contributed by atoms with Crippen LogP contribution in [0.25, 0.3) is 0 Å². The van der Waals surface area contributed by atoms with Gasteiger partial charge in [-0.2, -0.15) is 0 Å². The van der Waals surface area contributed by atoms with Crippen molar-refractivity contribution in [3.63, 3.8) is 0 Å². The first-order valence-corrected chi connectivity index (χ1v) is 5.74. The zero-order chi connectivity index (χ0) is 13.1. The molecule has 0 bridgehead atoms. The standard InChI is InChI=1S/C12H15N3O3/c1-18-12(17)9-3-2-6-15(9)10-5-4-8(7-14-10)11(13)16/h4-5,7,9H,2-3,6H2,1H3,(H2,13,16). The van der Waals surface area contributed by atoms with Crippen LogP contribution in [0, 0.1) is 0 Å². The molecule has 0 aromatic carbocycles. The molecule has 1 aliphatic rings. The molecule has 2 heterocycles. The van der Waals surface area contributed by atoms with Crippen molar-refractivity contribution < 1.29 is 14.3 Å². The van der Waals surface area contributed by atoms with E-state index in [-0.39, 0.29) is 12.0 Å². The molecule has 0 saturated carbocycles. The summed E-state index contributed by atoms with van der Waals surface area (Å²) in [7, 11) is 1.38. The second-order valence-corrected chi connectivity index (χ2v) is 4.14. The summed E-state index contributed by atoms with van der Waals surface area (Å²) in [4.78, 5) is 28.6. The number of anilines is 1. The molecule has 1 aromatic rings. The summed E-state index contributed by atoms with van der Waals surface area (Å²) >= 11 is 0. The number of carbonyl (C=O) groups excluding carboxylic acids is 2. The Morgan fingerprint density at radius 2 is 2.28 bits per heavy atom. The summed E-state index contributed by atoms with van der Waals surface area (Å²) in [5.74, 6) is -0.110. The number of hydrogen-bond donors (Lipinski definition) is 1. The Bertz CT molecular complexity index is 458. The van der Waals surface area contributed by atoms with Crippen molar-refractivity contribution in [3.8, 4) is 0 Å². The third-order valence-electron chi connectivity index (χ3n) is 3.05. The number of rotatable bonds is 3. The number of aromatic nitrogens is 1. The number of primary amides is 1. The number of ether oxygens (including phenoxy) is 1. The molecule has 1 unspecified atom stereocenters. The second-order valence-electron chi connectivity index (χ2n) is 4.14. The van der Waals surface area contributed by atoms with E-state index >= 15 is 0 Å². The second kappa shape index (κ2) is 5.03. The van der Waals surface area contributed by atoms with Gasteiger partial charge in [0.25, 0.3) is 0 Å². The molecule has 1 amide bonds. The predicted octanol–water partition coefficient (Wildman–Crippen LogP) is 0.322. The average molecular weight is 249 g/mol. The summed E-state index contributed by atoms with van der Waals surface area (Å²) in [5, 5.41) is 0. The highest BCUT2D eigenvalue weighted by atomic mass is 16.5. The molecule has 18 heavy (non-hydrogen) atoms. The van der Waals surface area contributed by atoms with Crippen LogP contribution in [0.1, 0.15) is 23.2 Å². The topological polar surface area (TPSA) is 85.5 Å². The van der Waals surface area contributed by atoms with Gasteiger partial charge in [0.05, 0.1) is 12.7 Å². The van der Waals surface area contributed by atoms with E-state index < -0.39 is 5.91 Å². The van der Waals surface area contributed by atoms with Gasteiger partial charge in [0.15, 0.2) is 0 Å². The maximum Gasteiger partial charge on any atom is 0.328 e. The summed E-state index contributed by atoms with van der Waals surface area (Å²) in [5.41, 5.74) is 5.50. The minimum atomic E-state index is -0.514. The van der Waals surface area contributed by atoms with Gasteiger partial charge in [-0.3, -0.25) is 4.79 Å². The number of amides is 1. The van der Waals surface area contributed by atoms with Gasteiger partial charge in [-0.25, -0.2) is 9.78 Å². The quantitative estimate of drug-likeness (QED) is 0.780. The smallest absolute Gasteiger partial charge is 0.328 e. The van der Waals surface area contributed by atoms with Crippen LogP contribution in [0.3, 0.4) is 0 Å². The number of hydrogen-bond acceptors (Lipinski definition) is 5. The molecule has 1 atom stereocenters. The highest BCUT2D eigenvalue weighted by Crippen LogP contribution is 2.24. The van der Waals surface area contributed by atoms with Crippen molar-refractivity contribution in [1.29, 1.82) is 0 Å². The highest BCUT2D eigenvalue weighted by molar-refractivity contribution is 5.92. The van der Waals surface area contributed by atoms with Gasteiger partial charge in [0.2, 0.25) is 5.91 Å². The van der Waals surface area contributed by atoms with E-state index in [0.717, 1.165) is 19.4 Å². The maximum atomic E-state index is 11.6. The number of pyridine rings is 1. The van der Waals surface area contributed by atoms with Crippen LogP contribution < -0.4 is 10.6 Å². The summed E-state index contributed by atoms with van der Waals surface area (Å²) in [6, 6.07) is 3.01. The number of esters is 1. The van der Waals surface area contributed by atoms with E-state index in [1.807, 2.05) is 4.90 Å². The molecule has 1 aliphatic heterocycles. The van der Waals surface area contributed by atoms with Gasteiger partial charge >= 0.3 is 5.97 Å². The average Bonchev–Trinajstić information content (AvgIpc) is 2.87. The molecule has 0 spiro atoms. The summed E-state index contributed by atoms with van der Waals surface area (Å²) in [6.45, 7) is 0.753. The van der Waals surface area contributed by atoms with Gasteiger partial charge in [-0.15, -0.1) is 0 Å². The van der Waals surface area contributed by atoms with Crippen molar-refractivity contribution in [2.24, 2.45) is 5.73 Å². The molecule has 0 radical (unpaired) electrons. The lowest BCUT2D eigenvalue weighted by atomic mass is 10.2. The maximum absolute atomic E-state index is 11.6. The summed E-state index contributed by atoms with van der Waals surface area (Å²) < 4.78 is 4.77. The van der Waals surface area contributed by atoms with Gasteiger partial charge in [-0.05, 0) is 25.0 Å². The first-order chi connectivity index (χ1) is 8.63. The van der Waals surface area contributed by atoms with Crippen LogP contribution in [-0.2, 0) is 9.53 Å². The van der Waals surface area contributed by atoms with Crippen molar-refractivity contribution in [2.75, 3.05) is 18.6 Å². The molecular formula is C12H15N3O3. The molecule has 1 saturated heterocycles. The normalized spacial score (nSPS) is 18.7. The van der Waals surface area contributed by atoms with E-state index in [1.165, 1.54) is 13.3 Å². The Hall–Kier alpha value is -2.11. The minimum Gasteiger partial charge on any atom is -0.467 e. The minimum absolute atomic E-state index is 0.256. The van der Waals surface area contributed by atoms with Crippen LogP contribution in [-0.4, -0.2) is 36.6 Å². The van der Waals surface area contributed by atoms with Gasteiger partial charge < -0.3 is 15.4 Å². The van der Waals surface area contributed by atoms with E-state index in [4.69, 9.17) is 10.5 Å². The molecule has 2 N–H and O–H groups in total. The van der Waals surface area contributed by atoms with E-state index in [1.54, 1.807) is 12.1 Å². The Kier molecular flexibility index (Phi) is 3.45. The van der Waals surface area contributed by atoms with Gasteiger partial charge in [0.1, 0.15) is 11.9 Å². The molecular weight excluding hydrogens is 234 g/mol. The fraction of sp³-hybridized carbons (Fsp3) is 0.417. The fourth-order valence-corrected chi connectivity index (χ4v) is 2.12. The highest BCUT2D eigenvalue weighted by Gasteiger charge is 2.32. The lowest BCUT2D eigenvalue weighted by Crippen LogP contribution is -2.37. The Labute approximate surface area is 105 Å². The first-order valence-electron chi connectivity index (χ1n) is 5.74. The molecule has 2 rings (SSSR count). The monoisotopic (exact) mass is 249 g/mol. The van der Waals surface area contributed by atoms with E-state index in [0.29, 0.717) is 11.4 Å².